The molecule has 0 fully saturated rings. The van der Waals surface area contributed by atoms with E-state index in [4.69, 9.17) is 5.73 Å². The molecule has 0 atom stereocenters. The molecule has 0 aliphatic rings. The highest BCUT2D eigenvalue weighted by atomic mass is 19.4. The van der Waals surface area contributed by atoms with Crippen LogP contribution in [0.3, 0.4) is 0 Å². The lowest BCUT2D eigenvalue weighted by Gasteiger charge is -2.10. The van der Waals surface area contributed by atoms with E-state index in [1.54, 1.807) is 0 Å². The third-order valence-corrected chi connectivity index (χ3v) is 1.79. The molecule has 0 aromatic heterocycles. The van der Waals surface area contributed by atoms with Crippen molar-refractivity contribution in [3.63, 3.8) is 0 Å². The second kappa shape index (κ2) is 3.79. The molecular formula is C9H8F3NO. The zero-order valence-corrected chi connectivity index (χ0v) is 7.14. The SMILES string of the molecule is NCc1ccc(C=O)c(C(F)(F)F)c1. The van der Waals surface area contributed by atoms with Gasteiger partial charge in [0.1, 0.15) is 0 Å². The number of nitrogens with two attached hydrogens (primary N) is 1. The fourth-order valence-corrected chi connectivity index (χ4v) is 1.08. The van der Waals surface area contributed by atoms with E-state index < -0.39 is 11.7 Å². The van der Waals surface area contributed by atoms with E-state index in [0.717, 1.165) is 12.1 Å². The highest BCUT2D eigenvalue weighted by Gasteiger charge is 2.33. The summed E-state index contributed by atoms with van der Waals surface area (Å²) < 4.78 is 37.1. The van der Waals surface area contributed by atoms with Crippen molar-refractivity contribution >= 4 is 6.29 Å². The maximum absolute atomic E-state index is 12.4. The first-order valence-electron chi connectivity index (χ1n) is 3.84. The summed E-state index contributed by atoms with van der Waals surface area (Å²) >= 11 is 0. The Balaban J connectivity index is 3.29. The summed E-state index contributed by atoms with van der Waals surface area (Å²) in [5.41, 5.74) is 4.25. The number of hydrogen-bond donors (Lipinski definition) is 1. The maximum Gasteiger partial charge on any atom is 0.417 e. The van der Waals surface area contributed by atoms with Gasteiger partial charge in [-0.25, -0.2) is 0 Å². The zero-order valence-electron chi connectivity index (χ0n) is 7.14. The fraction of sp³-hybridized carbons (Fsp3) is 0.222. The smallest absolute Gasteiger partial charge is 0.326 e. The van der Waals surface area contributed by atoms with Gasteiger partial charge in [-0.05, 0) is 11.6 Å². The average molecular weight is 203 g/mol. The van der Waals surface area contributed by atoms with Crippen LogP contribution >= 0.6 is 0 Å². The Kier molecular flexibility index (Phi) is 2.90. The lowest BCUT2D eigenvalue weighted by molar-refractivity contribution is -0.137. The van der Waals surface area contributed by atoms with Crippen molar-refractivity contribution < 1.29 is 18.0 Å². The van der Waals surface area contributed by atoms with Gasteiger partial charge in [0.25, 0.3) is 0 Å². The van der Waals surface area contributed by atoms with Gasteiger partial charge in [0.05, 0.1) is 5.56 Å². The Morgan fingerprint density at radius 3 is 2.43 bits per heavy atom. The van der Waals surface area contributed by atoms with Crippen LogP contribution in [0.5, 0.6) is 0 Å². The molecule has 5 heteroatoms. The summed E-state index contributed by atoms with van der Waals surface area (Å²) in [6.07, 6.45) is -4.33. The molecule has 1 aromatic carbocycles. The highest BCUT2D eigenvalue weighted by molar-refractivity contribution is 5.77. The number of halogens is 3. The van der Waals surface area contributed by atoms with Gasteiger partial charge in [-0.15, -0.1) is 0 Å². The molecule has 0 aliphatic heterocycles. The van der Waals surface area contributed by atoms with Crippen molar-refractivity contribution in [3.8, 4) is 0 Å². The normalized spacial score (nSPS) is 11.4. The van der Waals surface area contributed by atoms with Crippen molar-refractivity contribution in [2.24, 2.45) is 5.73 Å². The van der Waals surface area contributed by atoms with E-state index in [-0.39, 0.29) is 18.4 Å². The Bertz CT molecular complexity index is 346. The third-order valence-electron chi connectivity index (χ3n) is 1.79. The molecule has 0 heterocycles. The number of carbonyl (C=O) groups excluding carboxylic acids is 1. The highest BCUT2D eigenvalue weighted by Crippen LogP contribution is 2.31. The molecule has 0 saturated carbocycles. The van der Waals surface area contributed by atoms with Crippen LogP contribution in [0.4, 0.5) is 13.2 Å². The number of alkyl halides is 3. The molecule has 2 N–H and O–H groups in total. The van der Waals surface area contributed by atoms with E-state index in [9.17, 15) is 18.0 Å². The van der Waals surface area contributed by atoms with Crippen molar-refractivity contribution in [2.75, 3.05) is 0 Å². The van der Waals surface area contributed by atoms with Crippen LogP contribution in [0.15, 0.2) is 18.2 Å². The van der Waals surface area contributed by atoms with E-state index in [0.29, 0.717) is 5.56 Å². The molecule has 0 radical (unpaired) electrons. The molecule has 1 rings (SSSR count). The van der Waals surface area contributed by atoms with Gasteiger partial charge in [0.15, 0.2) is 6.29 Å². The summed E-state index contributed by atoms with van der Waals surface area (Å²) in [7, 11) is 0. The second-order valence-corrected chi connectivity index (χ2v) is 2.74. The number of carbonyl (C=O) groups is 1. The van der Waals surface area contributed by atoms with E-state index in [1.807, 2.05) is 0 Å². The lowest BCUT2D eigenvalue weighted by atomic mass is 10.0. The van der Waals surface area contributed by atoms with Gasteiger partial charge in [0.2, 0.25) is 0 Å². The zero-order chi connectivity index (χ0) is 10.8. The minimum atomic E-state index is -4.51. The van der Waals surface area contributed by atoms with Gasteiger partial charge in [-0.1, -0.05) is 12.1 Å². The Morgan fingerprint density at radius 1 is 1.36 bits per heavy atom. The third kappa shape index (κ3) is 2.11. The quantitative estimate of drug-likeness (QED) is 0.747. The van der Waals surface area contributed by atoms with Gasteiger partial charge in [-0.2, -0.15) is 13.2 Å². The molecule has 14 heavy (non-hydrogen) atoms. The van der Waals surface area contributed by atoms with E-state index in [1.165, 1.54) is 6.07 Å². The van der Waals surface area contributed by atoms with Crippen molar-refractivity contribution in [1.82, 2.24) is 0 Å². The van der Waals surface area contributed by atoms with Crippen LogP contribution in [-0.4, -0.2) is 6.29 Å². The molecule has 0 amide bonds. The molecular weight excluding hydrogens is 195 g/mol. The van der Waals surface area contributed by atoms with Crippen molar-refractivity contribution in [3.05, 3.63) is 34.9 Å². The van der Waals surface area contributed by atoms with Crippen LogP contribution < -0.4 is 5.73 Å². The monoisotopic (exact) mass is 203 g/mol. The molecule has 0 saturated heterocycles. The number of hydrogen-bond acceptors (Lipinski definition) is 2. The Labute approximate surface area is 78.5 Å². The van der Waals surface area contributed by atoms with Gasteiger partial charge in [0, 0.05) is 12.1 Å². The largest absolute Gasteiger partial charge is 0.417 e. The number of rotatable bonds is 2. The van der Waals surface area contributed by atoms with Crippen LogP contribution in [0, 0.1) is 0 Å². The van der Waals surface area contributed by atoms with E-state index >= 15 is 0 Å². The minimum Gasteiger partial charge on any atom is -0.326 e. The minimum absolute atomic E-state index is 0.0161. The topological polar surface area (TPSA) is 43.1 Å². The molecule has 0 bridgehead atoms. The molecule has 1 aromatic rings. The van der Waals surface area contributed by atoms with Gasteiger partial charge < -0.3 is 5.73 Å². The molecule has 0 spiro atoms. The predicted molar refractivity (Wildman–Crippen MR) is 44.7 cm³/mol. The summed E-state index contributed by atoms with van der Waals surface area (Å²) in [5, 5.41) is 0. The molecule has 0 aliphatic carbocycles. The number of benzene rings is 1. The fourth-order valence-electron chi connectivity index (χ4n) is 1.08. The molecule has 2 nitrogen and oxygen atoms in total. The standard InChI is InChI=1S/C9H8F3NO/c10-9(11,12)8-3-6(4-13)1-2-7(8)5-14/h1-3,5H,4,13H2. The first-order valence-corrected chi connectivity index (χ1v) is 3.84. The van der Waals surface area contributed by atoms with Crippen molar-refractivity contribution in [1.29, 1.82) is 0 Å². The average Bonchev–Trinajstić information content (AvgIpc) is 2.15. The van der Waals surface area contributed by atoms with Crippen LogP contribution in [0.25, 0.3) is 0 Å². The summed E-state index contributed by atoms with van der Waals surface area (Å²) in [6.45, 7) is 0.0161. The van der Waals surface area contributed by atoms with Crippen LogP contribution in [-0.2, 0) is 12.7 Å². The molecule has 0 unspecified atom stereocenters. The Hall–Kier alpha value is -1.36. The summed E-state index contributed by atoms with van der Waals surface area (Å²) in [4.78, 5) is 10.3. The Morgan fingerprint density at radius 2 is 2.00 bits per heavy atom. The predicted octanol–water partition coefficient (Wildman–Crippen LogP) is 1.98. The maximum atomic E-state index is 12.4. The first-order chi connectivity index (χ1) is 6.49. The lowest BCUT2D eigenvalue weighted by Crippen LogP contribution is -2.10. The van der Waals surface area contributed by atoms with Crippen molar-refractivity contribution in [2.45, 2.75) is 12.7 Å². The van der Waals surface area contributed by atoms with Gasteiger partial charge >= 0.3 is 6.18 Å². The summed E-state index contributed by atoms with van der Waals surface area (Å²) in [6, 6.07) is 3.42. The number of aldehydes is 1. The second-order valence-electron chi connectivity index (χ2n) is 2.74. The van der Waals surface area contributed by atoms with Crippen LogP contribution in [0.2, 0.25) is 0 Å². The summed E-state index contributed by atoms with van der Waals surface area (Å²) in [5.74, 6) is 0. The van der Waals surface area contributed by atoms with E-state index in [2.05, 4.69) is 0 Å². The first kappa shape index (κ1) is 10.7. The van der Waals surface area contributed by atoms with Gasteiger partial charge in [-0.3, -0.25) is 4.79 Å². The van der Waals surface area contributed by atoms with Crippen LogP contribution in [0.1, 0.15) is 21.5 Å². The molecule has 76 valence electrons.